The predicted octanol–water partition coefficient (Wildman–Crippen LogP) is 5.00. The summed E-state index contributed by atoms with van der Waals surface area (Å²) in [6, 6.07) is 15.3. The molecule has 0 bridgehead atoms. The van der Waals surface area contributed by atoms with Crippen molar-refractivity contribution in [3.8, 4) is 22.3 Å². The van der Waals surface area contributed by atoms with E-state index < -0.39 is 0 Å². The fourth-order valence-electron chi connectivity index (χ4n) is 4.77. The lowest BCUT2D eigenvalue weighted by atomic mass is 9.89. The molecule has 0 spiro atoms. The zero-order chi connectivity index (χ0) is 22.0. The summed E-state index contributed by atoms with van der Waals surface area (Å²) in [4.78, 5) is 12.1. The highest BCUT2D eigenvalue weighted by Crippen LogP contribution is 2.32. The first kappa shape index (κ1) is 19.9. The predicted molar refractivity (Wildman–Crippen MR) is 131 cm³/mol. The lowest BCUT2D eigenvalue weighted by Gasteiger charge is -2.23. The Morgan fingerprint density at radius 1 is 0.909 bits per heavy atom. The Morgan fingerprint density at radius 3 is 2.55 bits per heavy atom. The molecule has 5 heterocycles. The van der Waals surface area contributed by atoms with Gasteiger partial charge in [-0.1, -0.05) is 24.3 Å². The highest BCUT2D eigenvalue weighted by atomic mass is 15.3. The molecule has 1 aliphatic rings. The van der Waals surface area contributed by atoms with Gasteiger partial charge in [-0.2, -0.15) is 5.10 Å². The van der Waals surface area contributed by atoms with Crippen LogP contribution in [-0.2, 0) is 6.54 Å². The van der Waals surface area contributed by atoms with Crippen LogP contribution in [0.15, 0.2) is 79.6 Å². The van der Waals surface area contributed by atoms with Gasteiger partial charge in [0.25, 0.3) is 0 Å². The Morgan fingerprint density at radius 2 is 1.73 bits per heavy atom. The zero-order valence-corrected chi connectivity index (χ0v) is 18.4. The second-order valence-corrected chi connectivity index (χ2v) is 8.75. The number of H-pyrrole nitrogens is 1. The van der Waals surface area contributed by atoms with Crippen molar-refractivity contribution in [1.82, 2.24) is 30.0 Å². The molecule has 0 unspecified atom stereocenters. The van der Waals surface area contributed by atoms with Crippen LogP contribution in [0.2, 0.25) is 0 Å². The first-order valence-corrected chi connectivity index (χ1v) is 11.5. The monoisotopic (exact) mass is 434 g/mol. The van der Waals surface area contributed by atoms with Gasteiger partial charge in [0.2, 0.25) is 0 Å². The van der Waals surface area contributed by atoms with E-state index in [0.29, 0.717) is 5.92 Å². The first-order valence-electron chi connectivity index (χ1n) is 11.5. The molecule has 1 aromatic carbocycles. The van der Waals surface area contributed by atoms with Crippen LogP contribution in [0.3, 0.4) is 0 Å². The van der Waals surface area contributed by atoms with Crippen molar-refractivity contribution < 1.29 is 0 Å². The largest absolute Gasteiger partial charge is 0.346 e. The molecule has 33 heavy (non-hydrogen) atoms. The van der Waals surface area contributed by atoms with Crippen molar-refractivity contribution in [2.24, 2.45) is 0 Å². The second kappa shape index (κ2) is 8.64. The van der Waals surface area contributed by atoms with Crippen molar-refractivity contribution >= 4 is 11.0 Å². The summed E-state index contributed by atoms with van der Waals surface area (Å²) in [5, 5.41) is 9.12. The number of benzene rings is 1. The summed E-state index contributed by atoms with van der Waals surface area (Å²) in [6.07, 6.45) is 14.0. The van der Waals surface area contributed by atoms with Crippen molar-refractivity contribution in [2.75, 3.05) is 13.1 Å². The Labute approximate surface area is 192 Å². The molecule has 5 aromatic rings. The van der Waals surface area contributed by atoms with Gasteiger partial charge in [-0.15, -0.1) is 0 Å². The smallest absolute Gasteiger partial charge is 0.137 e. The van der Waals surface area contributed by atoms with Crippen LogP contribution in [0.25, 0.3) is 33.3 Å². The van der Waals surface area contributed by atoms with Crippen LogP contribution in [0.5, 0.6) is 0 Å². The van der Waals surface area contributed by atoms with E-state index in [0.717, 1.165) is 47.4 Å². The van der Waals surface area contributed by atoms with Gasteiger partial charge in [0.1, 0.15) is 5.65 Å². The van der Waals surface area contributed by atoms with Gasteiger partial charge in [-0.25, -0.2) is 4.98 Å². The molecule has 6 rings (SSSR count). The molecule has 1 saturated heterocycles. The molecular weight excluding hydrogens is 408 g/mol. The van der Waals surface area contributed by atoms with E-state index in [4.69, 9.17) is 4.98 Å². The Hall–Kier alpha value is -3.77. The standard InChI is InChI=1S/C27H26N6/c1-3-21(4-2-20(1)22-7-11-29-12-8-22)23-13-25-26(16-31-27(25)30-14-23)24-15-32-33(18-24)17-19-5-9-28-10-6-19/h1-6,9-10,13-16,18,22,29H,7-8,11-12,17H2,(H,30,31). The molecule has 1 aliphatic heterocycles. The van der Waals surface area contributed by atoms with Gasteiger partial charge in [0.05, 0.1) is 12.7 Å². The van der Waals surface area contributed by atoms with Crippen LogP contribution in [0, 0.1) is 0 Å². The third-order valence-electron chi connectivity index (χ3n) is 6.62. The lowest BCUT2D eigenvalue weighted by molar-refractivity contribution is 0.460. The van der Waals surface area contributed by atoms with Crippen molar-refractivity contribution in [1.29, 1.82) is 0 Å². The topological polar surface area (TPSA) is 71.4 Å². The number of hydrogen-bond acceptors (Lipinski definition) is 4. The number of piperidine rings is 1. The van der Waals surface area contributed by atoms with Gasteiger partial charge in [-0.05, 0) is 66.7 Å². The van der Waals surface area contributed by atoms with Gasteiger partial charge in [-0.3, -0.25) is 9.67 Å². The second-order valence-electron chi connectivity index (χ2n) is 8.75. The average Bonchev–Trinajstić information content (AvgIpc) is 3.52. The normalized spacial score (nSPS) is 14.7. The molecule has 2 N–H and O–H groups in total. The summed E-state index contributed by atoms with van der Waals surface area (Å²) in [7, 11) is 0. The molecule has 0 saturated carbocycles. The minimum absolute atomic E-state index is 0.667. The maximum Gasteiger partial charge on any atom is 0.137 e. The van der Waals surface area contributed by atoms with Crippen molar-refractivity contribution in [3.63, 3.8) is 0 Å². The van der Waals surface area contributed by atoms with E-state index in [-0.39, 0.29) is 0 Å². The number of aromatic nitrogens is 5. The van der Waals surface area contributed by atoms with Crippen LogP contribution < -0.4 is 5.32 Å². The Bertz CT molecular complexity index is 1360. The number of nitrogens with zero attached hydrogens (tertiary/aromatic N) is 4. The maximum absolute atomic E-state index is 4.69. The summed E-state index contributed by atoms with van der Waals surface area (Å²) in [5.74, 6) is 0.667. The third kappa shape index (κ3) is 4.05. The summed E-state index contributed by atoms with van der Waals surface area (Å²) < 4.78 is 1.96. The minimum Gasteiger partial charge on any atom is -0.346 e. The number of nitrogens with one attached hydrogen (secondary N) is 2. The van der Waals surface area contributed by atoms with Crippen LogP contribution in [0.4, 0.5) is 0 Å². The maximum atomic E-state index is 4.69. The fourth-order valence-corrected chi connectivity index (χ4v) is 4.77. The minimum atomic E-state index is 0.667. The quantitative estimate of drug-likeness (QED) is 0.408. The molecule has 4 aromatic heterocycles. The highest BCUT2D eigenvalue weighted by molar-refractivity contribution is 5.95. The average molecular weight is 435 g/mol. The number of hydrogen-bond donors (Lipinski definition) is 2. The fraction of sp³-hybridized carbons (Fsp3) is 0.222. The van der Waals surface area contributed by atoms with E-state index in [9.17, 15) is 0 Å². The van der Waals surface area contributed by atoms with Crippen molar-refractivity contribution in [3.05, 3.63) is 90.8 Å². The zero-order valence-electron chi connectivity index (χ0n) is 18.4. The van der Waals surface area contributed by atoms with Crippen LogP contribution >= 0.6 is 0 Å². The van der Waals surface area contributed by atoms with Gasteiger partial charge < -0.3 is 10.3 Å². The van der Waals surface area contributed by atoms with Crippen LogP contribution in [-0.4, -0.2) is 37.8 Å². The summed E-state index contributed by atoms with van der Waals surface area (Å²) in [5.41, 5.74) is 8.03. The molecule has 6 nitrogen and oxygen atoms in total. The molecule has 0 radical (unpaired) electrons. The summed E-state index contributed by atoms with van der Waals surface area (Å²) >= 11 is 0. The number of fused-ring (bicyclic) bond motifs is 1. The number of rotatable bonds is 5. The van der Waals surface area contributed by atoms with E-state index in [1.165, 1.54) is 29.5 Å². The van der Waals surface area contributed by atoms with Crippen LogP contribution in [0.1, 0.15) is 29.9 Å². The van der Waals surface area contributed by atoms with E-state index >= 15 is 0 Å². The molecular formula is C27H26N6. The molecule has 6 heteroatoms. The van der Waals surface area contributed by atoms with Gasteiger partial charge in [0, 0.05) is 53.1 Å². The highest BCUT2D eigenvalue weighted by Gasteiger charge is 2.15. The molecule has 0 atom stereocenters. The SMILES string of the molecule is c1cc(Cn2cc(-c3c[nH]c4ncc(-c5ccc(C6CCNCC6)cc5)cc34)cn2)ccn1. The molecule has 164 valence electrons. The third-order valence-corrected chi connectivity index (χ3v) is 6.62. The first-order chi connectivity index (χ1) is 16.3. The molecule has 0 amide bonds. The lowest BCUT2D eigenvalue weighted by Crippen LogP contribution is -2.26. The van der Waals surface area contributed by atoms with Gasteiger partial charge >= 0.3 is 0 Å². The van der Waals surface area contributed by atoms with Crippen molar-refractivity contribution in [2.45, 2.75) is 25.3 Å². The Balaban J connectivity index is 1.28. The van der Waals surface area contributed by atoms with E-state index in [1.54, 1.807) is 0 Å². The molecule has 0 aliphatic carbocycles. The van der Waals surface area contributed by atoms with Gasteiger partial charge in [0.15, 0.2) is 0 Å². The number of aromatic amines is 1. The number of pyridine rings is 2. The summed E-state index contributed by atoms with van der Waals surface area (Å²) in [6.45, 7) is 2.95. The Kier molecular flexibility index (Phi) is 5.20. The van der Waals surface area contributed by atoms with E-state index in [2.05, 4.69) is 56.9 Å². The van der Waals surface area contributed by atoms with E-state index in [1.807, 2.05) is 47.8 Å². The molecule has 1 fully saturated rings.